The van der Waals surface area contributed by atoms with Crippen molar-refractivity contribution < 1.29 is 14.3 Å². The van der Waals surface area contributed by atoms with Gasteiger partial charge in [-0.05, 0) is 36.6 Å². The molecule has 0 radical (unpaired) electrons. The van der Waals surface area contributed by atoms with E-state index in [0.717, 1.165) is 22.4 Å². The van der Waals surface area contributed by atoms with Crippen molar-refractivity contribution in [3.8, 4) is 5.75 Å². The van der Waals surface area contributed by atoms with Gasteiger partial charge in [-0.15, -0.1) is 0 Å². The zero-order valence-electron chi connectivity index (χ0n) is 17.2. The van der Waals surface area contributed by atoms with Gasteiger partial charge in [-0.25, -0.2) is 0 Å². The Morgan fingerprint density at radius 1 is 1.00 bits per heavy atom. The van der Waals surface area contributed by atoms with E-state index in [1.54, 1.807) is 0 Å². The molecule has 0 atom stereocenters. The second-order valence-corrected chi connectivity index (χ2v) is 7.48. The van der Waals surface area contributed by atoms with Gasteiger partial charge in [0.05, 0.1) is 6.54 Å². The van der Waals surface area contributed by atoms with Crippen molar-refractivity contribution in [2.45, 2.75) is 20.4 Å². The number of ether oxygens (including phenoxy) is 1. The van der Waals surface area contributed by atoms with Gasteiger partial charge in [0.1, 0.15) is 5.75 Å². The first-order valence-corrected chi connectivity index (χ1v) is 10.0. The average Bonchev–Trinajstić information content (AvgIpc) is 2.74. The maximum absolute atomic E-state index is 12.5. The Labute approximate surface area is 172 Å². The highest BCUT2D eigenvalue weighted by Gasteiger charge is 2.22. The van der Waals surface area contributed by atoms with Crippen LogP contribution in [0, 0.1) is 13.8 Å². The molecular formula is C23H29N3O3. The second-order valence-electron chi connectivity index (χ2n) is 7.48. The number of nitrogens with one attached hydrogen (secondary N) is 1. The number of nitrogens with zero attached hydrogens (tertiary/aromatic N) is 2. The van der Waals surface area contributed by atoms with Crippen LogP contribution in [0.25, 0.3) is 0 Å². The van der Waals surface area contributed by atoms with Crippen molar-refractivity contribution >= 4 is 11.8 Å². The minimum Gasteiger partial charge on any atom is -0.483 e. The fourth-order valence-electron chi connectivity index (χ4n) is 3.30. The topological polar surface area (TPSA) is 61.9 Å². The Morgan fingerprint density at radius 3 is 2.45 bits per heavy atom. The first kappa shape index (κ1) is 20.9. The molecule has 0 aromatic heterocycles. The third-order valence-corrected chi connectivity index (χ3v) is 5.12. The van der Waals surface area contributed by atoms with Crippen molar-refractivity contribution in [3.63, 3.8) is 0 Å². The van der Waals surface area contributed by atoms with Crippen LogP contribution in [0.15, 0.2) is 48.5 Å². The van der Waals surface area contributed by atoms with Crippen LogP contribution >= 0.6 is 0 Å². The van der Waals surface area contributed by atoms with Crippen molar-refractivity contribution in [2.24, 2.45) is 0 Å². The number of piperazine rings is 1. The molecule has 6 nitrogen and oxygen atoms in total. The standard InChI is InChI=1S/C23H29N3O3/c1-18-8-9-19(2)21(14-18)29-17-23(28)26-12-10-25(11-13-26)16-22(27)24-15-20-6-4-3-5-7-20/h3-9,14H,10-13,15-17H2,1-2H3,(H,24,27). The summed E-state index contributed by atoms with van der Waals surface area (Å²) in [6, 6.07) is 15.8. The Hall–Kier alpha value is -2.86. The van der Waals surface area contributed by atoms with Crippen molar-refractivity contribution in [3.05, 3.63) is 65.2 Å². The van der Waals surface area contributed by atoms with E-state index in [-0.39, 0.29) is 18.4 Å². The molecule has 2 aromatic rings. The number of rotatable bonds is 7. The maximum Gasteiger partial charge on any atom is 0.260 e. The second kappa shape index (κ2) is 10.1. The lowest BCUT2D eigenvalue weighted by Gasteiger charge is -2.34. The number of aryl methyl sites for hydroxylation is 2. The molecule has 3 rings (SSSR count). The van der Waals surface area contributed by atoms with Crippen molar-refractivity contribution in [1.82, 2.24) is 15.1 Å². The lowest BCUT2D eigenvalue weighted by Crippen LogP contribution is -2.52. The zero-order chi connectivity index (χ0) is 20.6. The molecule has 1 saturated heterocycles. The molecule has 6 heteroatoms. The van der Waals surface area contributed by atoms with Crippen molar-refractivity contribution in [1.29, 1.82) is 0 Å². The van der Waals surface area contributed by atoms with E-state index in [0.29, 0.717) is 39.3 Å². The predicted molar refractivity (Wildman–Crippen MR) is 113 cm³/mol. The summed E-state index contributed by atoms with van der Waals surface area (Å²) in [7, 11) is 0. The molecule has 0 saturated carbocycles. The van der Waals surface area contributed by atoms with Crippen LogP contribution in [0.4, 0.5) is 0 Å². The van der Waals surface area contributed by atoms with Gasteiger partial charge in [-0.2, -0.15) is 0 Å². The smallest absolute Gasteiger partial charge is 0.260 e. The SMILES string of the molecule is Cc1ccc(C)c(OCC(=O)N2CCN(CC(=O)NCc3ccccc3)CC2)c1. The molecule has 1 heterocycles. The molecule has 1 fully saturated rings. The molecule has 1 aliphatic rings. The Bertz CT molecular complexity index is 831. The Morgan fingerprint density at radius 2 is 1.72 bits per heavy atom. The van der Waals surface area contributed by atoms with E-state index >= 15 is 0 Å². The quantitative estimate of drug-likeness (QED) is 0.780. The summed E-state index contributed by atoms with van der Waals surface area (Å²) in [6.45, 7) is 7.51. The fourth-order valence-corrected chi connectivity index (χ4v) is 3.30. The Balaban J connectivity index is 1.37. The van der Waals surface area contributed by atoms with Crippen LogP contribution in [-0.4, -0.2) is 60.9 Å². The van der Waals surface area contributed by atoms with Crippen LogP contribution in [0.3, 0.4) is 0 Å². The minimum absolute atomic E-state index is 0.00638. The summed E-state index contributed by atoms with van der Waals surface area (Å²) in [4.78, 5) is 28.5. The van der Waals surface area contributed by atoms with Crippen LogP contribution in [0.1, 0.15) is 16.7 Å². The summed E-state index contributed by atoms with van der Waals surface area (Å²) in [6.07, 6.45) is 0. The van der Waals surface area contributed by atoms with Gasteiger partial charge < -0.3 is 15.0 Å². The number of carbonyl (C=O) groups excluding carboxylic acids is 2. The van der Waals surface area contributed by atoms with E-state index in [9.17, 15) is 9.59 Å². The zero-order valence-corrected chi connectivity index (χ0v) is 17.2. The molecule has 1 aliphatic heterocycles. The molecule has 154 valence electrons. The van der Waals surface area contributed by atoms with Crippen LogP contribution in [-0.2, 0) is 16.1 Å². The van der Waals surface area contributed by atoms with Crippen LogP contribution in [0.5, 0.6) is 5.75 Å². The Kier molecular flexibility index (Phi) is 7.25. The van der Waals surface area contributed by atoms with E-state index in [2.05, 4.69) is 10.2 Å². The van der Waals surface area contributed by atoms with Gasteiger partial charge in [0.2, 0.25) is 5.91 Å². The van der Waals surface area contributed by atoms with E-state index < -0.39 is 0 Å². The highest BCUT2D eigenvalue weighted by atomic mass is 16.5. The minimum atomic E-state index is -0.0147. The van der Waals surface area contributed by atoms with Crippen molar-refractivity contribution in [2.75, 3.05) is 39.3 Å². The molecular weight excluding hydrogens is 366 g/mol. The lowest BCUT2D eigenvalue weighted by atomic mass is 10.1. The van der Waals surface area contributed by atoms with E-state index in [4.69, 9.17) is 4.74 Å². The van der Waals surface area contributed by atoms with E-state index in [1.165, 1.54) is 0 Å². The first-order valence-electron chi connectivity index (χ1n) is 10.0. The highest BCUT2D eigenvalue weighted by molar-refractivity contribution is 5.79. The maximum atomic E-state index is 12.5. The lowest BCUT2D eigenvalue weighted by molar-refractivity contribution is -0.135. The normalized spacial score (nSPS) is 14.5. The molecule has 2 amide bonds. The highest BCUT2D eigenvalue weighted by Crippen LogP contribution is 2.19. The summed E-state index contributed by atoms with van der Waals surface area (Å²) < 4.78 is 5.73. The molecule has 2 aromatic carbocycles. The predicted octanol–water partition coefficient (Wildman–Crippen LogP) is 2.14. The molecule has 1 N–H and O–H groups in total. The van der Waals surface area contributed by atoms with Crippen LogP contribution < -0.4 is 10.1 Å². The molecule has 0 unspecified atom stereocenters. The van der Waals surface area contributed by atoms with Gasteiger partial charge in [0.25, 0.3) is 5.91 Å². The van der Waals surface area contributed by atoms with Gasteiger partial charge in [-0.3, -0.25) is 14.5 Å². The average molecular weight is 396 g/mol. The largest absolute Gasteiger partial charge is 0.483 e. The number of hydrogen-bond donors (Lipinski definition) is 1. The summed E-state index contributed by atoms with van der Waals surface area (Å²) in [5.74, 6) is 0.748. The van der Waals surface area contributed by atoms with Gasteiger partial charge in [0, 0.05) is 32.7 Å². The molecule has 0 spiro atoms. The number of benzene rings is 2. The summed E-state index contributed by atoms with van der Waals surface area (Å²) >= 11 is 0. The van der Waals surface area contributed by atoms with E-state index in [1.807, 2.05) is 67.3 Å². The molecule has 29 heavy (non-hydrogen) atoms. The number of carbonyl (C=O) groups is 2. The van der Waals surface area contributed by atoms with Gasteiger partial charge >= 0.3 is 0 Å². The fraction of sp³-hybridized carbons (Fsp3) is 0.391. The van der Waals surface area contributed by atoms with Gasteiger partial charge in [-0.1, -0.05) is 42.5 Å². The molecule has 0 aliphatic carbocycles. The number of amides is 2. The van der Waals surface area contributed by atoms with Gasteiger partial charge in [0.15, 0.2) is 6.61 Å². The van der Waals surface area contributed by atoms with Crippen LogP contribution in [0.2, 0.25) is 0 Å². The number of hydrogen-bond acceptors (Lipinski definition) is 4. The third-order valence-electron chi connectivity index (χ3n) is 5.12. The molecule has 0 bridgehead atoms. The summed E-state index contributed by atoms with van der Waals surface area (Å²) in [5.41, 5.74) is 3.21. The monoisotopic (exact) mass is 395 g/mol. The first-order chi connectivity index (χ1) is 14.0. The summed E-state index contributed by atoms with van der Waals surface area (Å²) in [5, 5.41) is 2.95. The third kappa shape index (κ3) is 6.32.